The molecule has 1 aliphatic carbocycles. The number of rotatable bonds is 4. The fourth-order valence-corrected chi connectivity index (χ4v) is 3.47. The number of hydrogen-bond donors (Lipinski definition) is 1. The van der Waals surface area contributed by atoms with E-state index in [1.165, 1.54) is 25.0 Å². The van der Waals surface area contributed by atoms with Gasteiger partial charge in [0, 0.05) is 11.6 Å². The molecule has 1 fully saturated rings. The molecule has 4 heteroatoms. The fraction of sp³-hybridized carbons (Fsp3) is 0.600. The topological polar surface area (TPSA) is 12.0 Å². The van der Waals surface area contributed by atoms with E-state index >= 15 is 0 Å². The Labute approximate surface area is 121 Å². The van der Waals surface area contributed by atoms with E-state index in [0.29, 0.717) is 17.4 Å². The molecule has 1 saturated carbocycles. The highest BCUT2D eigenvalue weighted by Gasteiger charge is 2.33. The van der Waals surface area contributed by atoms with Crippen LogP contribution in [0.2, 0.25) is 0 Å². The second-order valence-corrected chi connectivity index (χ2v) is 6.25. The minimum atomic E-state index is -0.398. The molecule has 3 atom stereocenters. The van der Waals surface area contributed by atoms with Crippen molar-refractivity contribution in [2.75, 3.05) is 6.54 Å². The Balaban J connectivity index is 2.35. The van der Waals surface area contributed by atoms with Gasteiger partial charge in [0.1, 0.15) is 11.6 Å². The van der Waals surface area contributed by atoms with Gasteiger partial charge in [-0.1, -0.05) is 26.7 Å². The molecule has 0 spiro atoms. The normalized spacial score (nSPS) is 24.7. The van der Waals surface area contributed by atoms with Crippen LogP contribution in [0.25, 0.3) is 0 Å². The summed E-state index contributed by atoms with van der Waals surface area (Å²) < 4.78 is 28.0. The summed E-state index contributed by atoms with van der Waals surface area (Å²) in [6.45, 7) is 4.96. The van der Waals surface area contributed by atoms with Crippen LogP contribution >= 0.6 is 15.9 Å². The van der Waals surface area contributed by atoms with Gasteiger partial charge in [-0.05, 0) is 52.9 Å². The lowest BCUT2D eigenvalue weighted by atomic mass is 9.85. The number of nitrogens with one attached hydrogen (secondary N) is 1. The van der Waals surface area contributed by atoms with Gasteiger partial charge in [0.25, 0.3) is 0 Å². The highest BCUT2D eigenvalue weighted by atomic mass is 79.9. The van der Waals surface area contributed by atoms with Crippen molar-refractivity contribution in [3.05, 3.63) is 33.8 Å². The van der Waals surface area contributed by atoms with Crippen molar-refractivity contribution >= 4 is 15.9 Å². The van der Waals surface area contributed by atoms with Crippen molar-refractivity contribution in [3.8, 4) is 0 Å². The summed E-state index contributed by atoms with van der Waals surface area (Å²) in [6, 6.07) is 2.47. The molecule has 1 aromatic rings. The average Bonchev–Trinajstić information content (AvgIpc) is 2.77. The van der Waals surface area contributed by atoms with Gasteiger partial charge in [-0.3, -0.25) is 0 Å². The first-order valence-electron chi connectivity index (χ1n) is 6.92. The van der Waals surface area contributed by atoms with Gasteiger partial charge in [0.15, 0.2) is 0 Å². The van der Waals surface area contributed by atoms with E-state index in [4.69, 9.17) is 0 Å². The van der Waals surface area contributed by atoms with Crippen molar-refractivity contribution in [1.29, 1.82) is 0 Å². The van der Waals surface area contributed by atoms with E-state index in [1.54, 1.807) is 0 Å². The zero-order chi connectivity index (χ0) is 14.0. The van der Waals surface area contributed by atoms with Crippen LogP contribution in [-0.4, -0.2) is 6.54 Å². The van der Waals surface area contributed by atoms with Crippen molar-refractivity contribution in [1.82, 2.24) is 5.32 Å². The van der Waals surface area contributed by atoms with Crippen LogP contribution in [0.15, 0.2) is 16.6 Å². The van der Waals surface area contributed by atoms with E-state index < -0.39 is 5.82 Å². The summed E-state index contributed by atoms with van der Waals surface area (Å²) in [5.41, 5.74) is 0.460. The van der Waals surface area contributed by atoms with Crippen LogP contribution in [0.1, 0.15) is 44.7 Å². The van der Waals surface area contributed by atoms with Crippen LogP contribution in [-0.2, 0) is 0 Å². The van der Waals surface area contributed by atoms with E-state index in [-0.39, 0.29) is 16.3 Å². The fourth-order valence-electron chi connectivity index (χ4n) is 3.16. The second kappa shape index (κ2) is 6.31. The molecule has 19 heavy (non-hydrogen) atoms. The van der Waals surface area contributed by atoms with Crippen molar-refractivity contribution in [3.63, 3.8) is 0 Å². The molecule has 0 aromatic heterocycles. The third-order valence-corrected chi connectivity index (χ3v) is 4.76. The van der Waals surface area contributed by atoms with E-state index in [2.05, 4.69) is 28.2 Å². The van der Waals surface area contributed by atoms with Gasteiger partial charge in [0.2, 0.25) is 0 Å². The lowest BCUT2D eigenvalue weighted by molar-refractivity contribution is 0.298. The molecule has 1 aromatic carbocycles. The molecular formula is C15H20BrF2N. The molecule has 2 rings (SSSR count). The Morgan fingerprint density at radius 1 is 1.32 bits per heavy atom. The number of hydrogen-bond acceptors (Lipinski definition) is 1. The summed E-state index contributed by atoms with van der Waals surface area (Å²) in [6.07, 6.45) is 3.43. The maximum absolute atomic E-state index is 14.1. The van der Waals surface area contributed by atoms with Crippen LogP contribution in [0.3, 0.4) is 0 Å². The first-order chi connectivity index (χ1) is 9.04. The van der Waals surface area contributed by atoms with Crippen molar-refractivity contribution < 1.29 is 8.78 Å². The lowest BCUT2D eigenvalue weighted by Gasteiger charge is -2.28. The summed E-state index contributed by atoms with van der Waals surface area (Å²) in [5.74, 6) is 0.202. The Bertz CT molecular complexity index is 450. The highest BCUT2D eigenvalue weighted by molar-refractivity contribution is 9.10. The zero-order valence-electron chi connectivity index (χ0n) is 11.3. The molecule has 0 saturated heterocycles. The smallest absolute Gasteiger partial charge is 0.137 e. The summed E-state index contributed by atoms with van der Waals surface area (Å²) in [4.78, 5) is 0. The highest BCUT2D eigenvalue weighted by Crippen LogP contribution is 2.41. The minimum absolute atomic E-state index is 0.0925. The Kier molecular flexibility index (Phi) is 4.96. The zero-order valence-corrected chi connectivity index (χ0v) is 12.9. The molecule has 106 valence electrons. The van der Waals surface area contributed by atoms with Crippen molar-refractivity contribution in [2.24, 2.45) is 11.8 Å². The molecule has 0 amide bonds. The monoisotopic (exact) mass is 331 g/mol. The van der Waals surface area contributed by atoms with Gasteiger partial charge in [-0.2, -0.15) is 0 Å². The third-order valence-electron chi connectivity index (χ3n) is 4.15. The molecule has 0 radical (unpaired) electrons. The molecular weight excluding hydrogens is 312 g/mol. The Hall–Kier alpha value is -0.480. The molecule has 0 heterocycles. The van der Waals surface area contributed by atoms with Gasteiger partial charge in [0.05, 0.1) is 4.47 Å². The minimum Gasteiger partial charge on any atom is -0.310 e. The second-order valence-electron chi connectivity index (χ2n) is 5.40. The predicted molar refractivity (Wildman–Crippen MR) is 77.0 cm³/mol. The molecule has 3 unspecified atom stereocenters. The van der Waals surface area contributed by atoms with Crippen LogP contribution in [0.4, 0.5) is 8.78 Å². The molecule has 0 bridgehead atoms. The SMILES string of the molecule is CCNC(c1cc(F)c(Br)cc1F)C1CCCC1C. The van der Waals surface area contributed by atoms with Crippen LogP contribution in [0.5, 0.6) is 0 Å². The molecule has 1 nitrogen and oxygen atoms in total. The first kappa shape index (κ1) is 14.9. The summed E-state index contributed by atoms with van der Waals surface area (Å²) >= 11 is 3.03. The lowest BCUT2D eigenvalue weighted by Crippen LogP contribution is -2.30. The standard InChI is InChI=1S/C15H20BrF2N/c1-3-19-15(10-6-4-5-9(10)2)11-7-14(18)12(16)8-13(11)17/h7-10,15,19H,3-6H2,1-2H3. The third kappa shape index (κ3) is 3.16. The maximum atomic E-state index is 14.1. The van der Waals surface area contributed by atoms with Gasteiger partial charge >= 0.3 is 0 Å². The van der Waals surface area contributed by atoms with Gasteiger partial charge in [-0.15, -0.1) is 0 Å². The maximum Gasteiger partial charge on any atom is 0.137 e. The van der Waals surface area contributed by atoms with Crippen molar-refractivity contribution in [2.45, 2.75) is 39.2 Å². The van der Waals surface area contributed by atoms with Crippen LogP contribution < -0.4 is 5.32 Å². The van der Waals surface area contributed by atoms with Gasteiger partial charge < -0.3 is 5.32 Å². The summed E-state index contributed by atoms with van der Waals surface area (Å²) in [7, 11) is 0. The quantitative estimate of drug-likeness (QED) is 0.780. The Morgan fingerprint density at radius 3 is 2.63 bits per heavy atom. The van der Waals surface area contributed by atoms with E-state index in [0.717, 1.165) is 13.0 Å². The number of benzene rings is 1. The molecule has 0 aliphatic heterocycles. The largest absolute Gasteiger partial charge is 0.310 e. The Morgan fingerprint density at radius 2 is 2.05 bits per heavy atom. The average molecular weight is 332 g/mol. The van der Waals surface area contributed by atoms with Crippen LogP contribution in [0, 0.1) is 23.5 Å². The van der Waals surface area contributed by atoms with Gasteiger partial charge in [-0.25, -0.2) is 8.78 Å². The van der Waals surface area contributed by atoms with E-state index in [9.17, 15) is 8.78 Å². The summed E-state index contributed by atoms with van der Waals surface area (Å²) in [5, 5.41) is 3.34. The number of halogens is 3. The first-order valence-corrected chi connectivity index (χ1v) is 7.71. The predicted octanol–water partition coefficient (Wildman–Crippen LogP) is 4.81. The van der Waals surface area contributed by atoms with E-state index in [1.807, 2.05) is 6.92 Å². The molecule has 1 N–H and O–H groups in total. The molecule has 1 aliphatic rings.